The zero-order chi connectivity index (χ0) is 13.6. The van der Waals surface area contributed by atoms with Gasteiger partial charge in [-0.05, 0) is 60.7 Å². The quantitative estimate of drug-likeness (QED) is 0.881. The van der Waals surface area contributed by atoms with Gasteiger partial charge in [0, 0.05) is 11.9 Å². The lowest BCUT2D eigenvalue weighted by atomic mass is 9.94. The minimum atomic E-state index is 0.424. The van der Waals surface area contributed by atoms with E-state index < -0.39 is 0 Å². The van der Waals surface area contributed by atoms with Gasteiger partial charge in [-0.3, -0.25) is 4.68 Å². The van der Waals surface area contributed by atoms with Crippen LogP contribution >= 0.6 is 27.3 Å². The van der Waals surface area contributed by atoms with Crippen LogP contribution in [0.1, 0.15) is 40.7 Å². The van der Waals surface area contributed by atoms with Crippen LogP contribution in [0, 0.1) is 13.8 Å². The Labute approximate surface area is 126 Å². The fourth-order valence-corrected chi connectivity index (χ4v) is 4.65. The second-order valence-electron chi connectivity index (χ2n) is 5.19. The van der Waals surface area contributed by atoms with Crippen LogP contribution in [0.5, 0.6) is 0 Å². The number of fused-ring (bicyclic) bond motifs is 1. The Morgan fingerprint density at radius 1 is 1.47 bits per heavy atom. The van der Waals surface area contributed by atoms with Crippen LogP contribution < -0.4 is 5.32 Å². The number of hydrogen-bond acceptors (Lipinski definition) is 3. The first-order chi connectivity index (χ1) is 9.06. The Kier molecular flexibility index (Phi) is 3.43. The van der Waals surface area contributed by atoms with E-state index in [0.29, 0.717) is 6.04 Å². The second kappa shape index (κ2) is 4.94. The molecule has 102 valence electrons. The summed E-state index contributed by atoms with van der Waals surface area (Å²) in [6.45, 7) is 4.19. The molecule has 5 heteroatoms. The molecule has 0 saturated carbocycles. The molecular formula is C14H18BrN3S. The number of anilines is 1. The lowest BCUT2D eigenvalue weighted by Crippen LogP contribution is -2.16. The van der Waals surface area contributed by atoms with E-state index in [0.717, 1.165) is 5.69 Å². The zero-order valence-electron chi connectivity index (χ0n) is 11.5. The van der Waals surface area contributed by atoms with Crippen molar-refractivity contribution in [1.82, 2.24) is 9.78 Å². The van der Waals surface area contributed by atoms with E-state index in [1.807, 2.05) is 23.1 Å². The van der Waals surface area contributed by atoms with Crippen molar-refractivity contribution >= 4 is 33.0 Å². The molecule has 3 nitrogen and oxygen atoms in total. The number of aryl methyl sites for hydroxylation is 3. The zero-order valence-corrected chi connectivity index (χ0v) is 13.9. The molecule has 0 bridgehead atoms. The number of halogens is 1. The Balaban J connectivity index is 1.92. The van der Waals surface area contributed by atoms with Gasteiger partial charge >= 0.3 is 0 Å². The summed E-state index contributed by atoms with van der Waals surface area (Å²) in [4.78, 5) is 1.52. The summed E-state index contributed by atoms with van der Waals surface area (Å²) in [5.74, 6) is 0. The van der Waals surface area contributed by atoms with Crippen LogP contribution in [0.25, 0.3) is 0 Å². The van der Waals surface area contributed by atoms with Gasteiger partial charge in [-0.15, -0.1) is 11.3 Å². The molecule has 1 aliphatic carbocycles. The Morgan fingerprint density at radius 3 is 2.95 bits per heavy atom. The molecule has 0 aromatic carbocycles. The Bertz CT molecular complexity index is 614. The third-order valence-electron chi connectivity index (χ3n) is 3.91. The molecule has 0 spiro atoms. The van der Waals surface area contributed by atoms with E-state index >= 15 is 0 Å². The second-order valence-corrected chi connectivity index (χ2v) is 7.70. The monoisotopic (exact) mass is 339 g/mol. The van der Waals surface area contributed by atoms with E-state index in [9.17, 15) is 0 Å². The summed E-state index contributed by atoms with van der Waals surface area (Å²) in [6.07, 6.45) is 3.68. The van der Waals surface area contributed by atoms with Crippen molar-refractivity contribution < 1.29 is 0 Å². The first-order valence-corrected chi connectivity index (χ1v) is 8.22. The molecule has 1 N–H and O–H groups in total. The molecule has 2 aromatic rings. The van der Waals surface area contributed by atoms with Crippen LogP contribution in [0.15, 0.2) is 9.85 Å². The van der Waals surface area contributed by atoms with E-state index in [1.54, 1.807) is 0 Å². The maximum atomic E-state index is 4.48. The summed E-state index contributed by atoms with van der Waals surface area (Å²) < 4.78 is 3.19. The normalized spacial score (nSPS) is 18.4. The lowest BCUT2D eigenvalue weighted by Gasteiger charge is -2.24. The van der Waals surface area contributed by atoms with Crippen molar-refractivity contribution in [2.45, 2.75) is 39.2 Å². The molecule has 0 aliphatic heterocycles. The lowest BCUT2D eigenvalue weighted by molar-refractivity contribution is 0.608. The molecular weight excluding hydrogens is 322 g/mol. The maximum absolute atomic E-state index is 4.48. The molecule has 0 radical (unpaired) electrons. The predicted molar refractivity (Wildman–Crippen MR) is 84.0 cm³/mol. The average Bonchev–Trinajstić information content (AvgIpc) is 2.84. The largest absolute Gasteiger partial charge is 0.375 e. The topological polar surface area (TPSA) is 29.9 Å². The van der Waals surface area contributed by atoms with Gasteiger partial charge < -0.3 is 5.32 Å². The molecule has 0 fully saturated rings. The summed E-state index contributed by atoms with van der Waals surface area (Å²) in [5.41, 5.74) is 4.95. The highest BCUT2D eigenvalue weighted by atomic mass is 79.9. The van der Waals surface area contributed by atoms with Gasteiger partial charge in [0.05, 0.1) is 26.9 Å². The standard InChI is InChI=1S/C14H18BrN3S/c1-8-14(9(2)18(3)17-8)16-11-5-4-6-12-10(11)7-13(15)19-12/h7,11,16H,4-6H2,1-3H3. The number of aromatic nitrogens is 2. The molecule has 0 amide bonds. The van der Waals surface area contributed by atoms with Crippen LogP contribution in [0.3, 0.4) is 0 Å². The summed E-state index contributed by atoms with van der Waals surface area (Å²) in [7, 11) is 2.00. The molecule has 3 rings (SSSR count). The number of thiophene rings is 1. The van der Waals surface area contributed by atoms with Crippen molar-refractivity contribution in [2.24, 2.45) is 7.05 Å². The predicted octanol–water partition coefficient (Wildman–Crippen LogP) is 4.35. The van der Waals surface area contributed by atoms with Gasteiger partial charge in [-0.1, -0.05) is 0 Å². The molecule has 19 heavy (non-hydrogen) atoms. The highest BCUT2D eigenvalue weighted by Gasteiger charge is 2.24. The first-order valence-electron chi connectivity index (χ1n) is 6.61. The van der Waals surface area contributed by atoms with Crippen LogP contribution in [0.4, 0.5) is 5.69 Å². The number of rotatable bonds is 2. The smallest absolute Gasteiger partial charge is 0.0828 e. The van der Waals surface area contributed by atoms with E-state index in [-0.39, 0.29) is 0 Å². The fourth-order valence-electron chi connectivity index (χ4n) is 2.83. The van der Waals surface area contributed by atoms with Crippen molar-refractivity contribution in [3.05, 3.63) is 31.7 Å². The molecule has 1 aliphatic rings. The molecule has 2 heterocycles. The summed E-state index contributed by atoms with van der Waals surface area (Å²) in [6, 6.07) is 2.70. The van der Waals surface area contributed by atoms with Gasteiger partial charge in [0.25, 0.3) is 0 Å². The SMILES string of the molecule is Cc1nn(C)c(C)c1NC1CCCc2sc(Br)cc21. The third-order valence-corrected chi connectivity index (χ3v) is 5.62. The van der Waals surface area contributed by atoms with Crippen LogP contribution in [-0.2, 0) is 13.5 Å². The molecule has 1 unspecified atom stereocenters. The first kappa shape index (κ1) is 13.2. The average molecular weight is 340 g/mol. The number of nitrogens with zero attached hydrogens (tertiary/aromatic N) is 2. The Morgan fingerprint density at radius 2 is 2.26 bits per heavy atom. The van der Waals surface area contributed by atoms with Crippen LogP contribution in [0.2, 0.25) is 0 Å². The van der Waals surface area contributed by atoms with Crippen molar-refractivity contribution in [3.8, 4) is 0 Å². The van der Waals surface area contributed by atoms with Gasteiger partial charge in [0.15, 0.2) is 0 Å². The van der Waals surface area contributed by atoms with Gasteiger partial charge in [-0.25, -0.2) is 0 Å². The summed E-state index contributed by atoms with van der Waals surface area (Å²) >= 11 is 5.49. The minimum Gasteiger partial charge on any atom is -0.375 e. The number of nitrogens with one attached hydrogen (secondary N) is 1. The summed E-state index contributed by atoms with van der Waals surface area (Å²) in [5, 5.41) is 8.20. The number of hydrogen-bond donors (Lipinski definition) is 1. The van der Waals surface area contributed by atoms with Gasteiger partial charge in [0.1, 0.15) is 0 Å². The van der Waals surface area contributed by atoms with E-state index in [2.05, 4.69) is 46.3 Å². The van der Waals surface area contributed by atoms with Crippen molar-refractivity contribution in [2.75, 3.05) is 5.32 Å². The molecule has 2 aromatic heterocycles. The third kappa shape index (κ3) is 2.34. The maximum Gasteiger partial charge on any atom is 0.0828 e. The van der Waals surface area contributed by atoms with Gasteiger partial charge in [0.2, 0.25) is 0 Å². The minimum absolute atomic E-state index is 0.424. The Hall–Kier alpha value is -0.810. The van der Waals surface area contributed by atoms with Crippen molar-refractivity contribution in [3.63, 3.8) is 0 Å². The van der Waals surface area contributed by atoms with Crippen LogP contribution in [-0.4, -0.2) is 9.78 Å². The fraction of sp³-hybridized carbons (Fsp3) is 0.500. The van der Waals surface area contributed by atoms with Crippen molar-refractivity contribution in [1.29, 1.82) is 0 Å². The van der Waals surface area contributed by atoms with E-state index in [4.69, 9.17) is 0 Å². The molecule has 0 saturated heterocycles. The molecule has 1 atom stereocenters. The van der Waals surface area contributed by atoms with E-state index in [1.165, 1.54) is 44.9 Å². The highest BCUT2D eigenvalue weighted by Crippen LogP contribution is 2.40. The highest BCUT2D eigenvalue weighted by molar-refractivity contribution is 9.11. The van der Waals surface area contributed by atoms with Gasteiger partial charge in [-0.2, -0.15) is 5.10 Å².